The summed E-state index contributed by atoms with van der Waals surface area (Å²) in [6.07, 6.45) is 0. The molecule has 2 aromatic rings. The molecule has 0 aliphatic carbocycles. The highest BCUT2D eigenvalue weighted by atomic mass is 35.5. The molecule has 1 heterocycles. The number of halogens is 1. The van der Waals surface area contributed by atoms with Gasteiger partial charge in [0, 0.05) is 18.3 Å². The van der Waals surface area contributed by atoms with Gasteiger partial charge in [-0.2, -0.15) is 5.10 Å². The molecule has 0 saturated heterocycles. The molecule has 4 nitrogen and oxygen atoms in total. The highest BCUT2D eigenvalue weighted by Gasteiger charge is 2.11. The van der Waals surface area contributed by atoms with Crippen LogP contribution in [-0.4, -0.2) is 16.9 Å². The summed E-state index contributed by atoms with van der Waals surface area (Å²) in [6.45, 7) is 5.42. The zero-order chi connectivity index (χ0) is 13.8. The van der Waals surface area contributed by atoms with Crippen LogP contribution >= 0.6 is 11.6 Å². The van der Waals surface area contributed by atoms with E-state index in [0.717, 1.165) is 34.4 Å². The van der Waals surface area contributed by atoms with E-state index in [1.165, 1.54) is 0 Å². The van der Waals surface area contributed by atoms with Crippen molar-refractivity contribution in [3.8, 4) is 5.75 Å². The zero-order valence-corrected chi connectivity index (χ0v) is 12.2. The summed E-state index contributed by atoms with van der Waals surface area (Å²) in [7, 11) is 1.66. The molecule has 1 aromatic heterocycles. The SMILES string of the molecule is CCn1nc(C)c(Cl)c1CNc1cccc(OC)c1. The lowest BCUT2D eigenvalue weighted by molar-refractivity contribution is 0.415. The average molecular weight is 280 g/mol. The minimum atomic E-state index is 0.640. The van der Waals surface area contributed by atoms with Gasteiger partial charge in [-0.15, -0.1) is 0 Å². The number of nitrogens with zero attached hydrogens (tertiary/aromatic N) is 2. The topological polar surface area (TPSA) is 39.1 Å². The molecule has 0 aliphatic heterocycles. The summed E-state index contributed by atoms with van der Waals surface area (Å²) in [4.78, 5) is 0. The van der Waals surface area contributed by atoms with E-state index >= 15 is 0 Å². The van der Waals surface area contributed by atoms with Gasteiger partial charge >= 0.3 is 0 Å². The second-order valence-electron chi connectivity index (χ2n) is 4.25. The molecule has 0 aliphatic rings. The van der Waals surface area contributed by atoms with Crippen molar-refractivity contribution in [3.05, 3.63) is 40.7 Å². The van der Waals surface area contributed by atoms with E-state index in [-0.39, 0.29) is 0 Å². The maximum Gasteiger partial charge on any atom is 0.120 e. The Morgan fingerprint density at radius 3 is 2.89 bits per heavy atom. The Labute approximate surface area is 118 Å². The number of anilines is 1. The minimum Gasteiger partial charge on any atom is -0.497 e. The summed E-state index contributed by atoms with van der Waals surface area (Å²) < 4.78 is 7.12. The monoisotopic (exact) mass is 279 g/mol. The summed E-state index contributed by atoms with van der Waals surface area (Å²) in [5.41, 5.74) is 2.87. The molecule has 2 rings (SSSR count). The Kier molecular flexibility index (Phi) is 4.32. The van der Waals surface area contributed by atoms with Crippen LogP contribution in [0.1, 0.15) is 18.3 Å². The number of ether oxygens (including phenoxy) is 1. The van der Waals surface area contributed by atoms with Crippen LogP contribution in [-0.2, 0) is 13.1 Å². The first-order chi connectivity index (χ1) is 9.15. The number of rotatable bonds is 5. The fraction of sp³-hybridized carbons (Fsp3) is 0.357. The molecule has 0 fully saturated rings. The summed E-state index contributed by atoms with van der Waals surface area (Å²) >= 11 is 6.27. The van der Waals surface area contributed by atoms with Crippen LogP contribution in [0.25, 0.3) is 0 Å². The number of benzene rings is 1. The van der Waals surface area contributed by atoms with Gasteiger partial charge in [0.05, 0.1) is 30.1 Å². The fourth-order valence-electron chi connectivity index (χ4n) is 1.96. The minimum absolute atomic E-state index is 0.640. The van der Waals surface area contributed by atoms with Gasteiger partial charge in [-0.1, -0.05) is 17.7 Å². The molecule has 1 aromatic carbocycles. The predicted molar refractivity (Wildman–Crippen MR) is 78.0 cm³/mol. The second-order valence-corrected chi connectivity index (χ2v) is 4.63. The molecule has 0 radical (unpaired) electrons. The van der Waals surface area contributed by atoms with Gasteiger partial charge in [0.15, 0.2) is 0 Å². The predicted octanol–water partition coefficient (Wildman–Crippen LogP) is 3.49. The third kappa shape index (κ3) is 3.01. The molecule has 1 N–H and O–H groups in total. The Morgan fingerprint density at radius 2 is 2.21 bits per heavy atom. The van der Waals surface area contributed by atoms with Gasteiger partial charge in [0.2, 0.25) is 0 Å². The second kappa shape index (κ2) is 5.97. The molecule has 0 amide bonds. The summed E-state index contributed by atoms with van der Waals surface area (Å²) in [5, 5.41) is 8.47. The van der Waals surface area contributed by atoms with Crippen LogP contribution < -0.4 is 10.1 Å². The van der Waals surface area contributed by atoms with Crippen LogP contribution in [0.15, 0.2) is 24.3 Å². The Balaban J connectivity index is 2.14. The van der Waals surface area contributed by atoms with Crippen molar-refractivity contribution in [2.24, 2.45) is 0 Å². The van der Waals surface area contributed by atoms with Crippen molar-refractivity contribution in [1.29, 1.82) is 0 Å². The van der Waals surface area contributed by atoms with E-state index in [4.69, 9.17) is 16.3 Å². The number of aromatic nitrogens is 2. The average Bonchev–Trinajstić information content (AvgIpc) is 2.72. The summed E-state index contributed by atoms with van der Waals surface area (Å²) in [6, 6.07) is 7.81. The normalized spacial score (nSPS) is 10.5. The van der Waals surface area contributed by atoms with Crippen LogP contribution in [0.4, 0.5) is 5.69 Å². The van der Waals surface area contributed by atoms with Gasteiger partial charge in [0.25, 0.3) is 0 Å². The van der Waals surface area contributed by atoms with E-state index < -0.39 is 0 Å². The first-order valence-corrected chi connectivity index (χ1v) is 6.63. The quantitative estimate of drug-likeness (QED) is 0.911. The van der Waals surface area contributed by atoms with Crippen LogP contribution in [0.5, 0.6) is 5.75 Å². The first-order valence-electron chi connectivity index (χ1n) is 6.25. The van der Waals surface area contributed by atoms with E-state index in [1.807, 2.05) is 35.9 Å². The lowest BCUT2D eigenvalue weighted by atomic mass is 10.3. The Hall–Kier alpha value is -1.68. The third-order valence-corrected chi connectivity index (χ3v) is 3.47. The van der Waals surface area contributed by atoms with Crippen molar-refractivity contribution in [2.75, 3.05) is 12.4 Å². The molecule has 0 atom stereocenters. The summed E-state index contributed by atoms with van der Waals surface area (Å²) in [5.74, 6) is 0.830. The molecule has 0 spiro atoms. The van der Waals surface area contributed by atoms with Gasteiger partial charge in [0.1, 0.15) is 5.75 Å². The highest BCUT2D eigenvalue weighted by molar-refractivity contribution is 6.31. The van der Waals surface area contributed by atoms with Crippen molar-refractivity contribution < 1.29 is 4.74 Å². The van der Waals surface area contributed by atoms with Gasteiger partial charge in [-0.25, -0.2) is 0 Å². The molecule has 5 heteroatoms. The number of aryl methyl sites for hydroxylation is 2. The molecular weight excluding hydrogens is 262 g/mol. The Bertz CT molecular complexity index is 566. The standard InChI is InChI=1S/C14H18ClN3O/c1-4-18-13(14(15)10(2)17-18)9-16-11-6-5-7-12(8-11)19-3/h5-8,16H,4,9H2,1-3H3. The van der Waals surface area contributed by atoms with E-state index in [1.54, 1.807) is 7.11 Å². The largest absolute Gasteiger partial charge is 0.497 e. The van der Waals surface area contributed by atoms with Crippen molar-refractivity contribution >= 4 is 17.3 Å². The van der Waals surface area contributed by atoms with Gasteiger partial charge in [-0.3, -0.25) is 4.68 Å². The zero-order valence-electron chi connectivity index (χ0n) is 11.4. The van der Waals surface area contributed by atoms with Crippen molar-refractivity contribution in [3.63, 3.8) is 0 Å². The van der Waals surface area contributed by atoms with Crippen molar-refractivity contribution in [2.45, 2.75) is 26.9 Å². The molecule has 0 bridgehead atoms. The molecule has 0 saturated carbocycles. The van der Waals surface area contributed by atoms with Crippen LogP contribution in [0.2, 0.25) is 5.02 Å². The van der Waals surface area contributed by atoms with E-state index in [0.29, 0.717) is 6.54 Å². The molecule has 0 unspecified atom stereocenters. The lowest BCUT2D eigenvalue weighted by Gasteiger charge is -2.09. The van der Waals surface area contributed by atoms with Crippen LogP contribution in [0.3, 0.4) is 0 Å². The number of hydrogen-bond donors (Lipinski definition) is 1. The molecule has 19 heavy (non-hydrogen) atoms. The number of hydrogen-bond acceptors (Lipinski definition) is 3. The maximum atomic E-state index is 6.27. The first kappa shape index (κ1) is 13.7. The van der Waals surface area contributed by atoms with Gasteiger partial charge in [-0.05, 0) is 26.0 Å². The molecule has 102 valence electrons. The number of nitrogens with one attached hydrogen (secondary N) is 1. The van der Waals surface area contributed by atoms with E-state index in [9.17, 15) is 0 Å². The smallest absolute Gasteiger partial charge is 0.120 e. The molecular formula is C14H18ClN3O. The van der Waals surface area contributed by atoms with Gasteiger partial charge < -0.3 is 10.1 Å². The highest BCUT2D eigenvalue weighted by Crippen LogP contribution is 2.22. The Morgan fingerprint density at radius 1 is 1.42 bits per heavy atom. The number of methoxy groups -OCH3 is 1. The third-order valence-electron chi connectivity index (χ3n) is 2.98. The fourth-order valence-corrected chi connectivity index (χ4v) is 2.16. The van der Waals surface area contributed by atoms with E-state index in [2.05, 4.69) is 17.3 Å². The maximum absolute atomic E-state index is 6.27. The van der Waals surface area contributed by atoms with Crippen molar-refractivity contribution in [1.82, 2.24) is 9.78 Å². The lowest BCUT2D eigenvalue weighted by Crippen LogP contribution is -2.08. The van der Waals surface area contributed by atoms with Crippen LogP contribution in [0, 0.1) is 6.92 Å².